The van der Waals surface area contributed by atoms with Crippen molar-refractivity contribution in [3.05, 3.63) is 75.2 Å². The number of rotatable bonds is 5. The molecule has 6 heteroatoms. The minimum atomic E-state index is -0.0841. The van der Waals surface area contributed by atoms with E-state index in [0.717, 1.165) is 21.8 Å². The molecular weight excluding hydrogens is 375 g/mol. The zero-order valence-electron chi connectivity index (χ0n) is 13.5. The van der Waals surface area contributed by atoms with Gasteiger partial charge in [0.25, 0.3) is 0 Å². The third-order valence-electron chi connectivity index (χ3n) is 3.73. The smallest absolute Gasteiger partial charge is 0.226 e. The zero-order valence-corrected chi connectivity index (χ0v) is 15.8. The predicted molar refractivity (Wildman–Crippen MR) is 104 cm³/mol. The number of nitrogens with one attached hydrogen (secondary N) is 1. The summed E-state index contributed by atoms with van der Waals surface area (Å²) in [5, 5.41) is 7.15. The minimum Gasteiger partial charge on any atom is -0.349 e. The van der Waals surface area contributed by atoms with Crippen molar-refractivity contribution in [2.75, 3.05) is 0 Å². The summed E-state index contributed by atoms with van der Waals surface area (Å²) in [6.45, 7) is 1.95. The van der Waals surface area contributed by atoms with Gasteiger partial charge in [-0.05, 0) is 36.8 Å². The molecule has 1 unspecified atom stereocenters. The first-order chi connectivity index (χ1) is 12.0. The normalized spacial score (nSPS) is 12.0. The van der Waals surface area contributed by atoms with Crippen LogP contribution in [0.25, 0.3) is 10.6 Å². The first kappa shape index (κ1) is 17.9. The maximum atomic E-state index is 12.3. The SMILES string of the molecule is CC(NC(=O)Cc1csc(-c2ccc(Cl)cc2)n1)c1ccc(Cl)cc1. The fourth-order valence-electron chi connectivity index (χ4n) is 2.41. The summed E-state index contributed by atoms with van der Waals surface area (Å²) in [6, 6.07) is 14.9. The van der Waals surface area contributed by atoms with Gasteiger partial charge in [0, 0.05) is 21.0 Å². The second kappa shape index (κ2) is 8.00. The van der Waals surface area contributed by atoms with Crippen molar-refractivity contribution in [2.24, 2.45) is 0 Å². The third-order valence-corrected chi connectivity index (χ3v) is 5.18. The van der Waals surface area contributed by atoms with Gasteiger partial charge in [-0.2, -0.15) is 0 Å². The number of aromatic nitrogens is 1. The van der Waals surface area contributed by atoms with E-state index in [1.165, 1.54) is 11.3 Å². The molecule has 1 amide bonds. The molecule has 0 aliphatic rings. The molecule has 0 radical (unpaired) electrons. The second-order valence-electron chi connectivity index (χ2n) is 5.67. The van der Waals surface area contributed by atoms with Gasteiger partial charge in [-0.3, -0.25) is 4.79 Å². The highest BCUT2D eigenvalue weighted by Crippen LogP contribution is 2.25. The van der Waals surface area contributed by atoms with E-state index >= 15 is 0 Å². The molecule has 0 spiro atoms. The highest BCUT2D eigenvalue weighted by molar-refractivity contribution is 7.13. The molecule has 0 aliphatic carbocycles. The van der Waals surface area contributed by atoms with Crippen molar-refractivity contribution in [3.63, 3.8) is 0 Å². The monoisotopic (exact) mass is 390 g/mol. The number of amides is 1. The number of carbonyl (C=O) groups is 1. The van der Waals surface area contributed by atoms with Crippen LogP contribution in [0.15, 0.2) is 53.9 Å². The van der Waals surface area contributed by atoms with Crippen LogP contribution in [0.2, 0.25) is 10.0 Å². The molecule has 1 heterocycles. The highest BCUT2D eigenvalue weighted by atomic mass is 35.5. The van der Waals surface area contributed by atoms with Crippen molar-refractivity contribution >= 4 is 40.4 Å². The molecule has 0 saturated carbocycles. The van der Waals surface area contributed by atoms with Crippen LogP contribution in [0.5, 0.6) is 0 Å². The maximum absolute atomic E-state index is 12.3. The number of hydrogen-bond acceptors (Lipinski definition) is 3. The standard InChI is InChI=1S/C19H16Cl2N2OS/c1-12(13-2-6-15(20)7-3-13)22-18(24)10-17-11-25-19(23-17)14-4-8-16(21)9-5-14/h2-9,11-12H,10H2,1H3,(H,22,24). The Morgan fingerprint density at radius 1 is 1.08 bits per heavy atom. The quantitative estimate of drug-likeness (QED) is 0.621. The van der Waals surface area contributed by atoms with Crippen LogP contribution in [-0.2, 0) is 11.2 Å². The van der Waals surface area contributed by atoms with Crippen molar-refractivity contribution < 1.29 is 4.79 Å². The molecule has 128 valence electrons. The Balaban J connectivity index is 1.61. The van der Waals surface area contributed by atoms with E-state index in [1.807, 2.05) is 60.8 Å². The van der Waals surface area contributed by atoms with Crippen molar-refractivity contribution in [1.82, 2.24) is 10.3 Å². The molecule has 3 rings (SSSR count). The lowest BCUT2D eigenvalue weighted by atomic mass is 10.1. The summed E-state index contributed by atoms with van der Waals surface area (Å²) in [6.07, 6.45) is 0.252. The van der Waals surface area contributed by atoms with Gasteiger partial charge >= 0.3 is 0 Å². The Kier molecular flexibility index (Phi) is 5.74. The lowest BCUT2D eigenvalue weighted by Crippen LogP contribution is -2.28. The molecule has 1 aromatic heterocycles. The molecule has 2 aromatic carbocycles. The van der Waals surface area contributed by atoms with Crippen LogP contribution in [-0.4, -0.2) is 10.9 Å². The molecular formula is C19H16Cl2N2OS. The van der Waals surface area contributed by atoms with Gasteiger partial charge in [0.15, 0.2) is 0 Å². The molecule has 0 bridgehead atoms. The number of thiazole rings is 1. The summed E-state index contributed by atoms with van der Waals surface area (Å²) < 4.78 is 0. The average Bonchev–Trinajstić information content (AvgIpc) is 3.04. The van der Waals surface area contributed by atoms with E-state index in [2.05, 4.69) is 10.3 Å². The topological polar surface area (TPSA) is 42.0 Å². The number of benzene rings is 2. The Hall–Kier alpha value is -1.88. The number of hydrogen-bond donors (Lipinski definition) is 1. The summed E-state index contributed by atoms with van der Waals surface area (Å²) in [4.78, 5) is 16.8. The van der Waals surface area contributed by atoms with Crippen LogP contribution >= 0.6 is 34.5 Å². The van der Waals surface area contributed by atoms with Crippen LogP contribution in [0.4, 0.5) is 0 Å². The van der Waals surface area contributed by atoms with Gasteiger partial charge in [0.1, 0.15) is 5.01 Å². The van der Waals surface area contributed by atoms with Crippen LogP contribution in [0.3, 0.4) is 0 Å². The van der Waals surface area contributed by atoms with Crippen molar-refractivity contribution in [2.45, 2.75) is 19.4 Å². The average molecular weight is 391 g/mol. The molecule has 3 nitrogen and oxygen atoms in total. The fourth-order valence-corrected chi connectivity index (χ4v) is 3.48. The Morgan fingerprint density at radius 3 is 2.32 bits per heavy atom. The highest BCUT2D eigenvalue weighted by Gasteiger charge is 2.12. The summed E-state index contributed by atoms with van der Waals surface area (Å²) in [7, 11) is 0. The molecule has 1 N–H and O–H groups in total. The van der Waals surface area contributed by atoms with E-state index in [9.17, 15) is 4.79 Å². The predicted octanol–water partition coefficient (Wildman–Crippen LogP) is 5.54. The molecule has 0 fully saturated rings. The lowest BCUT2D eigenvalue weighted by molar-refractivity contribution is -0.121. The summed E-state index contributed by atoms with van der Waals surface area (Å²) in [5.74, 6) is -0.0598. The number of nitrogens with zero attached hydrogens (tertiary/aromatic N) is 1. The van der Waals surface area contributed by atoms with Gasteiger partial charge in [-0.15, -0.1) is 11.3 Å². The Labute approximate surface area is 160 Å². The molecule has 3 aromatic rings. The first-order valence-electron chi connectivity index (χ1n) is 7.76. The molecule has 1 atom stereocenters. The van der Waals surface area contributed by atoms with Gasteiger partial charge in [0.2, 0.25) is 5.91 Å². The summed E-state index contributed by atoms with van der Waals surface area (Å²) in [5.41, 5.74) is 2.77. The van der Waals surface area contributed by atoms with Crippen LogP contribution in [0, 0.1) is 0 Å². The fraction of sp³-hybridized carbons (Fsp3) is 0.158. The van der Waals surface area contributed by atoms with Gasteiger partial charge in [-0.1, -0.05) is 47.5 Å². The van der Waals surface area contributed by atoms with Crippen LogP contribution in [0.1, 0.15) is 24.2 Å². The van der Waals surface area contributed by atoms with Gasteiger partial charge in [-0.25, -0.2) is 4.98 Å². The van der Waals surface area contributed by atoms with Gasteiger partial charge in [0.05, 0.1) is 18.2 Å². The van der Waals surface area contributed by atoms with E-state index in [0.29, 0.717) is 10.0 Å². The van der Waals surface area contributed by atoms with E-state index in [4.69, 9.17) is 23.2 Å². The zero-order chi connectivity index (χ0) is 17.8. The van der Waals surface area contributed by atoms with Crippen molar-refractivity contribution in [1.29, 1.82) is 0 Å². The van der Waals surface area contributed by atoms with Gasteiger partial charge < -0.3 is 5.32 Å². The number of carbonyl (C=O) groups excluding carboxylic acids is 1. The first-order valence-corrected chi connectivity index (χ1v) is 9.40. The minimum absolute atomic E-state index is 0.0598. The molecule has 0 aliphatic heterocycles. The van der Waals surface area contributed by atoms with E-state index in [1.54, 1.807) is 0 Å². The number of halogens is 2. The van der Waals surface area contributed by atoms with Crippen molar-refractivity contribution in [3.8, 4) is 10.6 Å². The Morgan fingerprint density at radius 2 is 1.68 bits per heavy atom. The third kappa shape index (κ3) is 4.82. The molecule has 25 heavy (non-hydrogen) atoms. The largest absolute Gasteiger partial charge is 0.349 e. The van der Waals surface area contributed by atoms with E-state index in [-0.39, 0.29) is 18.4 Å². The lowest BCUT2D eigenvalue weighted by Gasteiger charge is -2.14. The van der Waals surface area contributed by atoms with Crippen LogP contribution < -0.4 is 5.32 Å². The second-order valence-corrected chi connectivity index (χ2v) is 7.40. The summed E-state index contributed by atoms with van der Waals surface area (Å²) >= 11 is 13.3. The molecule has 0 saturated heterocycles. The maximum Gasteiger partial charge on any atom is 0.226 e. The Bertz CT molecular complexity index is 860. The van der Waals surface area contributed by atoms with E-state index < -0.39 is 0 Å².